The highest BCUT2D eigenvalue weighted by Gasteiger charge is 2.12. The number of hydrogen-bond donors (Lipinski definition) is 1. The van der Waals surface area contributed by atoms with Crippen molar-refractivity contribution in [2.24, 2.45) is 0 Å². The molecule has 3 aromatic rings. The van der Waals surface area contributed by atoms with E-state index in [0.29, 0.717) is 5.56 Å². The fourth-order valence-electron chi connectivity index (χ4n) is 2.58. The lowest BCUT2D eigenvalue weighted by molar-refractivity contribution is 0.0940. The lowest BCUT2D eigenvalue weighted by Crippen LogP contribution is -2.26. The molecule has 1 atom stereocenters. The molecule has 1 heterocycles. The Morgan fingerprint density at radius 2 is 1.73 bits per heavy atom. The maximum atomic E-state index is 12.5. The number of rotatable bonds is 6. The molecular weight excluding hydrogens is 328 g/mol. The molecule has 0 aliphatic heterocycles. The summed E-state index contributed by atoms with van der Waals surface area (Å²) in [6.07, 6.45) is 3.22. The van der Waals surface area contributed by atoms with Gasteiger partial charge in [-0.3, -0.25) is 4.79 Å². The largest absolute Gasteiger partial charge is 0.491 e. The van der Waals surface area contributed by atoms with Crippen LogP contribution in [0.3, 0.4) is 0 Å². The van der Waals surface area contributed by atoms with Crippen molar-refractivity contribution in [1.82, 2.24) is 20.1 Å². The summed E-state index contributed by atoms with van der Waals surface area (Å²) in [5, 5.41) is 7.08. The van der Waals surface area contributed by atoms with Crippen molar-refractivity contribution in [2.45, 2.75) is 32.9 Å². The summed E-state index contributed by atoms with van der Waals surface area (Å²) in [5.41, 5.74) is 2.47. The van der Waals surface area contributed by atoms with Gasteiger partial charge in [0, 0.05) is 5.56 Å². The van der Waals surface area contributed by atoms with Crippen LogP contribution in [0.5, 0.6) is 5.75 Å². The summed E-state index contributed by atoms with van der Waals surface area (Å²) in [4.78, 5) is 16.4. The molecule has 6 heteroatoms. The van der Waals surface area contributed by atoms with Crippen molar-refractivity contribution < 1.29 is 9.53 Å². The molecular formula is C20H22N4O2. The molecule has 0 aliphatic carbocycles. The predicted molar refractivity (Wildman–Crippen MR) is 99.4 cm³/mol. The summed E-state index contributed by atoms with van der Waals surface area (Å²) < 4.78 is 7.29. The van der Waals surface area contributed by atoms with Crippen molar-refractivity contribution in [2.75, 3.05) is 0 Å². The first kappa shape index (κ1) is 17.7. The van der Waals surface area contributed by atoms with Gasteiger partial charge in [0.1, 0.15) is 18.4 Å². The molecule has 0 radical (unpaired) electrons. The van der Waals surface area contributed by atoms with E-state index in [9.17, 15) is 4.79 Å². The zero-order valence-electron chi connectivity index (χ0n) is 15.1. The van der Waals surface area contributed by atoms with E-state index < -0.39 is 0 Å². The maximum Gasteiger partial charge on any atom is 0.251 e. The minimum atomic E-state index is -0.120. The number of carbonyl (C=O) groups is 1. The van der Waals surface area contributed by atoms with Crippen molar-refractivity contribution in [3.63, 3.8) is 0 Å². The highest BCUT2D eigenvalue weighted by Crippen LogP contribution is 2.19. The van der Waals surface area contributed by atoms with E-state index in [-0.39, 0.29) is 18.1 Å². The third-order valence-electron chi connectivity index (χ3n) is 3.91. The molecule has 2 aromatic carbocycles. The second-order valence-corrected chi connectivity index (χ2v) is 6.32. The number of amides is 1. The Labute approximate surface area is 152 Å². The van der Waals surface area contributed by atoms with Crippen LogP contribution < -0.4 is 10.1 Å². The number of nitrogens with one attached hydrogen (secondary N) is 1. The zero-order chi connectivity index (χ0) is 18.5. The Balaban J connectivity index is 1.63. The highest BCUT2D eigenvalue weighted by atomic mass is 16.5. The molecule has 1 amide bonds. The Hall–Kier alpha value is -3.15. The second kappa shape index (κ2) is 7.82. The van der Waals surface area contributed by atoms with Gasteiger partial charge in [-0.1, -0.05) is 12.1 Å². The van der Waals surface area contributed by atoms with Gasteiger partial charge in [0.25, 0.3) is 5.91 Å². The van der Waals surface area contributed by atoms with E-state index in [1.807, 2.05) is 57.2 Å². The fraction of sp³-hybridized carbons (Fsp3) is 0.250. The predicted octanol–water partition coefficient (Wildman–Crippen LogP) is 3.55. The summed E-state index contributed by atoms with van der Waals surface area (Å²) >= 11 is 0. The second-order valence-electron chi connectivity index (χ2n) is 6.32. The monoisotopic (exact) mass is 350 g/mol. The number of carbonyl (C=O) groups excluding carboxylic acids is 1. The molecule has 1 aromatic heterocycles. The van der Waals surface area contributed by atoms with Crippen molar-refractivity contribution in [3.05, 3.63) is 72.3 Å². The molecule has 0 aliphatic rings. The first-order chi connectivity index (χ1) is 12.5. The van der Waals surface area contributed by atoms with Gasteiger partial charge in [0.15, 0.2) is 0 Å². The summed E-state index contributed by atoms with van der Waals surface area (Å²) in [6.45, 7) is 5.94. The molecule has 0 spiro atoms. The third kappa shape index (κ3) is 4.27. The van der Waals surface area contributed by atoms with Gasteiger partial charge < -0.3 is 10.1 Å². The van der Waals surface area contributed by atoms with Crippen LogP contribution in [0.4, 0.5) is 0 Å². The van der Waals surface area contributed by atoms with Crippen LogP contribution >= 0.6 is 0 Å². The van der Waals surface area contributed by atoms with E-state index in [4.69, 9.17) is 4.74 Å². The van der Waals surface area contributed by atoms with E-state index >= 15 is 0 Å². The lowest BCUT2D eigenvalue weighted by atomic mass is 10.1. The van der Waals surface area contributed by atoms with E-state index in [1.54, 1.807) is 23.1 Å². The Kier molecular flexibility index (Phi) is 5.31. The number of benzene rings is 2. The van der Waals surface area contributed by atoms with Gasteiger partial charge in [-0.15, -0.1) is 0 Å². The number of nitrogens with zero attached hydrogens (tertiary/aromatic N) is 3. The maximum absolute atomic E-state index is 12.5. The van der Waals surface area contributed by atoms with Crippen LogP contribution in [-0.4, -0.2) is 26.8 Å². The summed E-state index contributed by atoms with van der Waals surface area (Å²) in [6, 6.07) is 14.9. The summed E-state index contributed by atoms with van der Waals surface area (Å²) in [7, 11) is 0. The van der Waals surface area contributed by atoms with Gasteiger partial charge in [0.05, 0.1) is 17.8 Å². The fourth-order valence-corrected chi connectivity index (χ4v) is 2.58. The highest BCUT2D eigenvalue weighted by molar-refractivity contribution is 5.94. The first-order valence-corrected chi connectivity index (χ1v) is 8.55. The van der Waals surface area contributed by atoms with Crippen LogP contribution in [-0.2, 0) is 0 Å². The molecule has 6 nitrogen and oxygen atoms in total. The standard InChI is InChI=1S/C20H22N4O2/c1-14(2)26-19-10-6-16(7-11-19)15(3)23-20(25)17-4-8-18(9-5-17)24-13-21-12-22-24/h4-15H,1-3H3,(H,23,25). The topological polar surface area (TPSA) is 69.0 Å². The van der Waals surface area contributed by atoms with Crippen LogP contribution in [0.15, 0.2) is 61.2 Å². The van der Waals surface area contributed by atoms with Crippen molar-refractivity contribution in [1.29, 1.82) is 0 Å². The van der Waals surface area contributed by atoms with Gasteiger partial charge >= 0.3 is 0 Å². The van der Waals surface area contributed by atoms with Gasteiger partial charge in [0.2, 0.25) is 0 Å². The first-order valence-electron chi connectivity index (χ1n) is 8.55. The lowest BCUT2D eigenvalue weighted by Gasteiger charge is -2.16. The van der Waals surface area contributed by atoms with Crippen LogP contribution in [0, 0.1) is 0 Å². The van der Waals surface area contributed by atoms with Crippen molar-refractivity contribution in [3.8, 4) is 11.4 Å². The number of ether oxygens (including phenoxy) is 1. The van der Waals surface area contributed by atoms with Crippen LogP contribution in [0.25, 0.3) is 5.69 Å². The molecule has 0 bridgehead atoms. The quantitative estimate of drug-likeness (QED) is 0.738. The van der Waals surface area contributed by atoms with Gasteiger partial charge in [-0.25, -0.2) is 9.67 Å². The normalized spacial score (nSPS) is 12.0. The minimum Gasteiger partial charge on any atom is -0.491 e. The molecule has 0 saturated heterocycles. The molecule has 1 N–H and O–H groups in total. The third-order valence-corrected chi connectivity index (χ3v) is 3.91. The average molecular weight is 350 g/mol. The Morgan fingerprint density at radius 3 is 2.31 bits per heavy atom. The summed E-state index contributed by atoms with van der Waals surface area (Å²) in [5.74, 6) is 0.705. The van der Waals surface area contributed by atoms with Crippen molar-refractivity contribution >= 4 is 5.91 Å². The Bertz CT molecular complexity index is 841. The molecule has 0 fully saturated rings. The molecule has 26 heavy (non-hydrogen) atoms. The zero-order valence-corrected chi connectivity index (χ0v) is 15.1. The van der Waals surface area contributed by atoms with E-state index in [2.05, 4.69) is 15.4 Å². The van der Waals surface area contributed by atoms with E-state index in [1.165, 1.54) is 6.33 Å². The van der Waals surface area contributed by atoms with Crippen LogP contribution in [0.1, 0.15) is 42.7 Å². The Morgan fingerprint density at radius 1 is 1.04 bits per heavy atom. The number of hydrogen-bond acceptors (Lipinski definition) is 4. The van der Waals surface area contributed by atoms with Gasteiger partial charge in [-0.05, 0) is 62.7 Å². The van der Waals surface area contributed by atoms with E-state index in [0.717, 1.165) is 17.0 Å². The van der Waals surface area contributed by atoms with Gasteiger partial charge in [-0.2, -0.15) is 5.10 Å². The molecule has 3 rings (SSSR count). The smallest absolute Gasteiger partial charge is 0.251 e. The average Bonchev–Trinajstić information content (AvgIpc) is 3.16. The minimum absolute atomic E-state index is 0.106. The molecule has 134 valence electrons. The van der Waals surface area contributed by atoms with Crippen LogP contribution in [0.2, 0.25) is 0 Å². The molecule has 1 unspecified atom stereocenters. The molecule has 0 saturated carbocycles. The number of aromatic nitrogens is 3. The SMILES string of the molecule is CC(C)Oc1ccc(C(C)NC(=O)c2ccc(-n3cncn3)cc2)cc1.